The Labute approximate surface area is 155 Å². The van der Waals surface area contributed by atoms with Crippen LogP contribution in [0, 0.1) is 6.92 Å². The van der Waals surface area contributed by atoms with E-state index >= 15 is 0 Å². The molecule has 0 aliphatic carbocycles. The maximum atomic E-state index is 12.2. The lowest BCUT2D eigenvalue weighted by molar-refractivity contribution is -0.116. The van der Waals surface area contributed by atoms with Gasteiger partial charge in [-0.3, -0.25) is 4.79 Å². The minimum atomic E-state index is -0.0323. The molecule has 2 aromatic rings. The summed E-state index contributed by atoms with van der Waals surface area (Å²) in [6, 6.07) is 14.2. The van der Waals surface area contributed by atoms with Crippen LogP contribution in [0.3, 0.4) is 0 Å². The van der Waals surface area contributed by atoms with Crippen LogP contribution in [-0.4, -0.2) is 32.7 Å². The van der Waals surface area contributed by atoms with E-state index < -0.39 is 0 Å². The number of benzene rings is 2. The summed E-state index contributed by atoms with van der Waals surface area (Å²) in [6.07, 6.45) is 2.95. The Balaban J connectivity index is 1.47. The number of anilines is 3. The quantitative estimate of drug-likeness (QED) is 0.789. The van der Waals surface area contributed by atoms with Gasteiger partial charge in [0.2, 0.25) is 5.91 Å². The van der Waals surface area contributed by atoms with E-state index in [1.54, 1.807) is 7.11 Å². The van der Waals surface area contributed by atoms with Crippen molar-refractivity contribution in [2.45, 2.75) is 26.2 Å². The Bertz CT molecular complexity index is 737. The maximum Gasteiger partial charge on any atom is 0.226 e. The van der Waals surface area contributed by atoms with Gasteiger partial charge in [0.15, 0.2) is 0 Å². The molecule has 26 heavy (non-hydrogen) atoms. The van der Waals surface area contributed by atoms with Crippen LogP contribution >= 0.6 is 0 Å². The van der Waals surface area contributed by atoms with E-state index in [1.807, 2.05) is 25.1 Å². The number of methoxy groups -OCH3 is 1. The fourth-order valence-corrected chi connectivity index (χ4v) is 3.22. The molecule has 3 rings (SSSR count). The summed E-state index contributed by atoms with van der Waals surface area (Å²) in [5.74, 6) is 0.643. The Morgan fingerprint density at radius 3 is 2.54 bits per heavy atom. The molecule has 1 aliphatic rings. The first-order valence-corrected chi connectivity index (χ1v) is 9.19. The van der Waals surface area contributed by atoms with Crippen molar-refractivity contribution in [3.63, 3.8) is 0 Å². The van der Waals surface area contributed by atoms with Crippen LogP contribution < -0.4 is 20.3 Å². The second-order valence-corrected chi connectivity index (χ2v) is 6.67. The molecule has 2 N–H and O–H groups in total. The van der Waals surface area contributed by atoms with Gasteiger partial charge in [0.05, 0.1) is 12.8 Å². The molecule has 1 heterocycles. The van der Waals surface area contributed by atoms with Gasteiger partial charge in [-0.25, -0.2) is 0 Å². The first-order chi connectivity index (χ1) is 12.7. The molecule has 0 saturated carbocycles. The van der Waals surface area contributed by atoms with Gasteiger partial charge >= 0.3 is 0 Å². The van der Waals surface area contributed by atoms with Gasteiger partial charge in [-0.15, -0.1) is 0 Å². The van der Waals surface area contributed by atoms with Crippen LogP contribution in [0.1, 0.15) is 24.8 Å². The van der Waals surface area contributed by atoms with Crippen molar-refractivity contribution in [3.05, 3.63) is 48.0 Å². The van der Waals surface area contributed by atoms with E-state index in [4.69, 9.17) is 4.74 Å². The standard InChI is InChI=1S/C21H27N3O2/c1-16-5-10-20(26-2)19(15-16)23-21(25)11-12-22-17-6-8-18(9-7-17)24-13-3-4-14-24/h5-10,15,22H,3-4,11-14H2,1-2H3,(H,23,25). The summed E-state index contributed by atoms with van der Waals surface area (Å²) in [5.41, 5.74) is 4.11. The van der Waals surface area contributed by atoms with Gasteiger partial charge in [-0.2, -0.15) is 0 Å². The number of amides is 1. The number of ether oxygens (including phenoxy) is 1. The Morgan fingerprint density at radius 1 is 1.12 bits per heavy atom. The van der Waals surface area contributed by atoms with Crippen LogP contribution in [0.25, 0.3) is 0 Å². The molecule has 1 saturated heterocycles. The predicted molar refractivity (Wildman–Crippen MR) is 107 cm³/mol. The number of carbonyl (C=O) groups is 1. The zero-order chi connectivity index (χ0) is 18.4. The third kappa shape index (κ3) is 4.69. The SMILES string of the molecule is COc1ccc(C)cc1NC(=O)CCNc1ccc(N2CCCC2)cc1. The molecule has 138 valence electrons. The highest BCUT2D eigenvalue weighted by molar-refractivity contribution is 5.92. The molecule has 1 aliphatic heterocycles. The molecule has 0 spiro atoms. The number of nitrogens with one attached hydrogen (secondary N) is 2. The fraction of sp³-hybridized carbons (Fsp3) is 0.381. The van der Waals surface area contributed by atoms with Gasteiger partial charge < -0.3 is 20.3 Å². The van der Waals surface area contributed by atoms with Gasteiger partial charge in [0, 0.05) is 37.4 Å². The van der Waals surface area contributed by atoms with Gasteiger partial charge in [0.25, 0.3) is 0 Å². The van der Waals surface area contributed by atoms with E-state index in [0.717, 1.165) is 24.3 Å². The first kappa shape index (κ1) is 18.1. The Kier molecular flexibility index (Phi) is 6.00. The van der Waals surface area contributed by atoms with E-state index in [0.29, 0.717) is 24.4 Å². The molecule has 0 atom stereocenters. The average Bonchev–Trinajstić information content (AvgIpc) is 3.17. The third-order valence-corrected chi connectivity index (χ3v) is 4.65. The predicted octanol–water partition coefficient (Wildman–Crippen LogP) is 4.04. The summed E-state index contributed by atoms with van der Waals surface area (Å²) in [7, 11) is 1.60. The molecule has 0 radical (unpaired) electrons. The van der Waals surface area contributed by atoms with Crippen molar-refractivity contribution < 1.29 is 9.53 Å². The zero-order valence-electron chi connectivity index (χ0n) is 15.5. The van der Waals surface area contributed by atoms with Crippen molar-refractivity contribution in [1.29, 1.82) is 0 Å². The lowest BCUT2D eigenvalue weighted by atomic mass is 10.2. The molecule has 0 aromatic heterocycles. The molecule has 1 fully saturated rings. The lowest BCUT2D eigenvalue weighted by Crippen LogP contribution is -2.18. The van der Waals surface area contributed by atoms with Gasteiger partial charge in [-0.05, 0) is 61.7 Å². The van der Waals surface area contributed by atoms with E-state index in [-0.39, 0.29) is 5.91 Å². The second-order valence-electron chi connectivity index (χ2n) is 6.67. The topological polar surface area (TPSA) is 53.6 Å². The summed E-state index contributed by atoms with van der Waals surface area (Å²) in [6.45, 7) is 4.87. The minimum absolute atomic E-state index is 0.0323. The zero-order valence-corrected chi connectivity index (χ0v) is 15.5. The third-order valence-electron chi connectivity index (χ3n) is 4.65. The molecule has 1 amide bonds. The highest BCUT2D eigenvalue weighted by atomic mass is 16.5. The number of aryl methyl sites for hydroxylation is 1. The van der Waals surface area contributed by atoms with Crippen molar-refractivity contribution >= 4 is 23.0 Å². The van der Waals surface area contributed by atoms with Crippen LogP contribution in [-0.2, 0) is 4.79 Å². The molecule has 5 nitrogen and oxygen atoms in total. The number of hydrogen-bond acceptors (Lipinski definition) is 4. The van der Waals surface area contributed by atoms with Crippen LogP contribution in [0.2, 0.25) is 0 Å². The van der Waals surface area contributed by atoms with Gasteiger partial charge in [-0.1, -0.05) is 6.07 Å². The summed E-state index contributed by atoms with van der Waals surface area (Å²) >= 11 is 0. The van der Waals surface area contributed by atoms with Crippen LogP contribution in [0.5, 0.6) is 5.75 Å². The summed E-state index contributed by atoms with van der Waals surface area (Å²) in [5, 5.41) is 6.23. The highest BCUT2D eigenvalue weighted by Gasteiger charge is 2.12. The fourth-order valence-electron chi connectivity index (χ4n) is 3.22. The monoisotopic (exact) mass is 353 g/mol. The molecule has 0 unspecified atom stereocenters. The Hall–Kier alpha value is -2.69. The Morgan fingerprint density at radius 2 is 1.85 bits per heavy atom. The second kappa shape index (κ2) is 8.61. The molecule has 2 aromatic carbocycles. The smallest absolute Gasteiger partial charge is 0.226 e. The normalized spacial score (nSPS) is 13.5. The molecular formula is C21H27N3O2. The summed E-state index contributed by atoms with van der Waals surface area (Å²) in [4.78, 5) is 14.6. The van der Waals surface area contributed by atoms with E-state index in [2.05, 4.69) is 39.8 Å². The minimum Gasteiger partial charge on any atom is -0.495 e. The summed E-state index contributed by atoms with van der Waals surface area (Å²) < 4.78 is 5.29. The molecule has 0 bridgehead atoms. The first-order valence-electron chi connectivity index (χ1n) is 9.19. The van der Waals surface area contributed by atoms with Crippen molar-refractivity contribution in [2.75, 3.05) is 42.3 Å². The van der Waals surface area contributed by atoms with Gasteiger partial charge in [0.1, 0.15) is 5.75 Å². The highest BCUT2D eigenvalue weighted by Crippen LogP contribution is 2.25. The average molecular weight is 353 g/mol. The molecular weight excluding hydrogens is 326 g/mol. The molecule has 5 heteroatoms. The number of nitrogens with zero attached hydrogens (tertiary/aromatic N) is 1. The van der Waals surface area contributed by atoms with E-state index in [9.17, 15) is 4.79 Å². The van der Waals surface area contributed by atoms with Crippen molar-refractivity contribution in [1.82, 2.24) is 0 Å². The van der Waals surface area contributed by atoms with Crippen LogP contribution in [0.15, 0.2) is 42.5 Å². The largest absolute Gasteiger partial charge is 0.495 e. The van der Waals surface area contributed by atoms with Crippen LogP contribution in [0.4, 0.5) is 17.1 Å². The number of hydrogen-bond donors (Lipinski definition) is 2. The van der Waals surface area contributed by atoms with E-state index in [1.165, 1.54) is 18.5 Å². The van der Waals surface area contributed by atoms with Crippen molar-refractivity contribution in [3.8, 4) is 5.75 Å². The maximum absolute atomic E-state index is 12.2. The van der Waals surface area contributed by atoms with Crippen molar-refractivity contribution in [2.24, 2.45) is 0 Å². The number of rotatable bonds is 7. The number of carbonyl (C=O) groups excluding carboxylic acids is 1. The lowest BCUT2D eigenvalue weighted by Gasteiger charge is -2.18.